The fourth-order valence-corrected chi connectivity index (χ4v) is 2.16. The van der Waals surface area contributed by atoms with Gasteiger partial charge in [0.2, 0.25) is 5.91 Å². The number of carbonyl (C=O) groups is 1. The van der Waals surface area contributed by atoms with Crippen molar-refractivity contribution in [3.05, 3.63) is 24.4 Å². The monoisotopic (exact) mass is 280 g/mol. The van der Waals surface area contributed by atoms with Crippen LogP contribution in [0.25, 0.3) is 10.9 Å². The molecule has 1 unspecified atom stereocenters. The summed E-state index contributed by atoms with van der Waals surface area (Å²) < 4.78 is 0. The van der Waals surface area contributed by atoms with Crippen molar-refractivity contribution >= 4 is 34.9 Å². The van der Waals surface area contributed by atoms with Crippen LogP contribution in [-0.2, 0) is 4.79 Å². The molecule has 0 radical (unpaired) electrons. The molecule has 1 aliphatic rings. The topological polar surface area (TPSA) is 69.8 Å². The van der Waals surface area contributed by atoms with Crippen molar-refractivity contribution < 1.29 is 4.79 Å². The number of H-pyrrole nitrogens is 1. The molecule has 1 saturated heterocycles. The van der Waals surface area contributed by atoms with E-state index in [1.807, 2.05) is 25.1 Å². The zero-order chi connectivity index (χ0) is 12.5. The predicted octanol–water partition coefficient (Wildman–Crippen LogP) is 1.78. The highest BCUT2D eigenvalue weighted by atomic mass is 35.5. The predicted molar refractivity (Wildman–Crippen MR) is 77.5 cm³/mol. The second kappa shape index (κ2) is 5.59. The number of halogens is 1. The van der Waals surface area contributed by atoms with Gasteiger partial charge in [0, 0.05) is 17.0 Å². The van der Waals surface area contributed by atoms with Crippen molar-refractivity contribution in [1.29, 1.82) is 0 Å². The second-order valence-electron chi connectivity index (χ2n) is 4.87. The van der Waals surface area contributed by atoms with E-state index in [-0.39, 0.29) is 24.2 Å². The van der Waals surface area contributed by atoms with Crippen molar-refractivity contribution in [2.24, 2.45) is 11.8 Å². The van der Waals surface area contributed by atoms with E-state index in [4.69, 9.17) is 0 Å². The molecule has 0 aliphatic carbocycles. The summed E-state index contributed by atoms with van der Waals surface area (Å²) in [4.78, 5) is 12.1. The standard InChI is InChI=1S/C13H16N4O.ClH/c1-8(10-5-14-6-10)13(18)16-11-2-3-12-9(4-11)7-15-17-12;/h2-4,7-8,10,14H,5-6H2,1H3,(H,15,17)(H,16,18);1H. The summed E-state index contributed by atoms with van der Waals surface area (Å²) in [5.74, 6) is 0.596. The number of rotatable bonds is 3. The van der Waals surface area contributed by atoms with E-state index < -0.39 is 0 Å². The van der Waals surface area contributed by atoms with Gasteiger partial charge in [-0.1, -0.05) is 6.92 Å². The van der Waals surface area contributed by atoms with E-state index in [0.717, 1.165) is 29.7 Å². The van der Waals surface area contributed by atoms with Gasteiger partial charge in [-0.2, -0.15) is 5.10 Å². The Morgan fingerprint density at radius 3 is 2.95 bits per heavy atom. The van der Waals surface area contributed by atoms with Crippen LogP contribution in [0, 0.1) is 11.8 Å². The number of nitrogens with one attached hydrogen (secondary N) is 3. The number of nitrogens with zero attached hydrogens (tertiary/aromatic N) is 1. The molecule has 0 saturated carbocycles. The first-order chi connectivity index (χ1) is 8.74. The van der Waals surface area contributed by atoms with Gasteiger partial charge in [-0.05, 0) is 37.2 Å². The molecular weight excluding hydrogens is 264 g/mol. The van der Waals surface area contributed by atoms with Crippen LogP contribution in [0.15, 0.2) is 24.4 Å². The lowest BCUT2D eigenvalue weighted by molar-refractivity contribution is -0.121. The van der Waals surface area contributed by atoms with Gasteiger partial charge in [-0.25, -0.2) is 0 Å². The summed E-state index contributed by atoms with van der Waals surface area (Å²) in [6.07, 6.45) is 1.75. The third kappa shape index (κ3) is 2.72. The quantitative estimate of drug-likeness (QED) is 0.803. The van der Waals surface area contributed by atoms with Gasteiger partial charge >= 0.3 is 0 Å². The summed E-state index contributed by atoms with van der Waals surface area (Å²) in [7, 11) is 0. The van der Waals surface area contributed by atoms with Gasteiger partial charge in [0.05, 0.1) is 11.7 Å². The van der Waals surface area contributed by atoms with E-state index >= 15 is 0 Å². The fourth-order valence-electron chi connectivity index (χ4n) is 2.16. The minimum absolute atomic E-state index is 0. The molecule has 19 heavy (non-hydrogen) atoms. The summed E-state index contributed by atoms with van der Waals surface area (Å²) in [6, 6.07) is 5.75. The Hall–Kier alpha value is -1.59. The zero-order valence-electron chi connectivity index (χ0n) is 10.6. The van der Waals surface area contributed by atoms with Crippen LogP contribution in [0.4, 0.5) is 5.69 Å². The lowest BCUT2D eigenvalue weighted by Crippen LogP contribution is -2.48. The van der Waals surface area contributed by atoms with Crippen LogP contribution in [0.3, 0.4) is 0 Å². The molecule has 3 rings (SSSR count). The Bertz CT molecular complexity index is 579. The average molecular weight is 281 g/mol. The number of fused-ring (bicyclic) bond motifs is 1. The minimum atomic E-state index is 0. The summed E-state index contributed by atoms with van der Waals surface area (Å²) in [6.45, 7) is 3.86. The summed E-state index contributed by atoms with van der Waals surface area (Å²) in [5.41, 5.74) is 1.80. The number of aromatic nitrogens is 2. The van der Waals surface area contributed by atoms with Crippen molar-refractivity contribution in [2.75, 3.05) is 18.4 Å². The lowest BCUT2D eigenvalue weighted by atomic mass is 9.88. The molecule has 1 aromatic carbocycles. The van der Waals surface area contributed by atoms with E-state index in [0.29, 0.717) is 5.92 Å². The van der Waals surface area contributed by atoms with Gasteiger partial charge in [0.25, 0.3) is 0 Å². The molecule has 2 heterocycles. The highest BCUT2D eigenvalue weighted by molar-refractivity contribution is 5.94. The molecule has 1 atom stereocenters. The Labute approximate surface area is 117 Å². The number of hydrogen-bond donors (Lipinski definition) is 3. The zero-order valence-corrected chi connectivity index (χ0v) is 11.5. The molecule has 5 nitrogen and oxygen atoms in total. The molecule has 1 aromatic heterocycles. The van der Waals surface area contributed by atoms with Gasteiger partial charge in [-0.3, -0.25) is 9.89 Å². The Morgan fingerprint density at radius 2 is 2.26 bits per heavy atom. The van der Waals surface area contributed by atoms with E-state index in [1.54, 1.807) is 6.20 Å². The number of anilines is 1. The lowest BCUT2D eigenvalue weighted by Gasteiger charge is -2.31. The molecule has 1 fully saturated rings. The number of amides is 1. The van der Waals surface area contributed by atoms with Gasteiger partial charge in [0.1, 0.15) is 0 Å². The smallest absolute Gasteiger partial charge is 0.227 e. The SMILES string of the molecule is CC(C(=O)Nc1ccc2[nH]ncc2c1)C1CNC1.Cl. The summed E-state index contributed by atoms with van der Waals surface area (Å²) in [5, 5.41) is 14.0. The molecule has 2 aromatic rings. The molecule has 102 valence electrons. The number of benzene rings is 1. The highest BCUT2D eigenvalue weighted by Gasteiger charge is 2.28. The number of aromatic amines is 1. The normalized spacial score (nSPS) is 16.5. The van der Waals surface area contributed by atoms with Crippen LogP contribution in [0.2, 0.25) is 0 Å². The fraction of sp³-hybridized carbons (Fsp3) is 0.385. The maximum absolute atomic E-state index is 12.1. The maximum Gasteiger partial charge on any atom is 0.227 e. The number of hydrogen-bond acceptors (Lipinski definition) is 3. The minimum Gasteiger partial charge on any atom is -0.326 e. The first kappa shape index (κ1) is 13.8. The number of carbonyl (C=O) groups excluding carboxylic acids is 1. The summed E-state index contributed by atoms with van der Waals surface area (Å²) >= 11 is 0. The van der Waals surface area contributed by atoms with Crippen LogP contribution in [0.5, 0.6) is 0 Å². The van der Waals surface area contributed by atoms with Crippen molar-refractivity contribution in [3.8, 4) is 0 Å². The molecule has 1 amide bonds. The molecule has 0 bridgehead atoms. The van der Waals surface area contributed by atoms with E-state index in [9.17, 15) is 4.79 Å². The van der Waals surface area contributed by atoms with Crippen LogP contribution in [0.1, 0.15) is 6.92 Å². The Balaban J connectivity index is 0.00000133. The molecule has 0 spiro atoms. The second-order valence-corrected chi connectivity index (χ2v) is 4.87. The maximum atomic E-state index is 12.1. The first-order valence-electron chi connectivity index (χ1n) is 6.19. The van der Waals surface area contributed by atoms with Crippen molar-refractivity contribution in [3.63, 3.8) is 0 Å². The van der Waals surface area contributed by atoms with Gasteiger partial charge in [0.15, 0.2) is 0 Å². The molecular formula is C13H17ClN4O. The largest absolute Gasteiger partial charge is 0.326 e. The van der Waals surface area contributed by atoms with E-state index in [1.165, 1.54) is 0 Å². The van der Waals surface area contributed by atoms with Gasteiger partial charge in [-0.15, -0.1) is 12.4 Å². The Kier molecular flexibility index (Phi) is 4.07. The third-order valence-corrected chi connectivity index (χ3v) is 3.64. The third-order valence-electron chi connectivity index (χ3n) is 3.64. The van der Waals surface area contributed by atoms with E-state index in [2.05, 4.69) is 20.8 Å². The van der Waals surface area contributed by atoms with Gasteiger partial charge < -0.3 is 10.6 Å². The van der Waals surface area contributed by atoms with Crippen LogP contribution in [-0.4, -0.2) is 29.2 Å². The van der Waals surface area contributed by atoms with Crippen molar-refractivity contribution in [1.82, 2.24) is 15.5 Å². The molecule has 3 N–H and O–H groups in total. The Morgan fingerprint density at radius 1 is 1.47 bits per heavy atom. The van der Waals surface area contributed by atoms with Crippen LogP contribution < -0.4 is 10.6 Å². The molecule has 1 aliphatic heterocycles. The highest BCUT2D eigenvalue weighted by Crippen LogP contribution is 2.20. The van der Waals surface area contributed by atoms with Crippen LogP contribution >= 0.6 is 12.4 Å². The first-order valence-corrected chi connectivity index (χ1v) is 6.19. The molecule has 6 heteroatoms. The average Bonchev–Trinajstić information content (AvgIpc) is 2.73. The van der Waals surface area contributed by atoms with Crippen molar-refractivity contribution in [2.45, 2.75) is 6.92 Å².